The van der Waals surface area contributed by atoms with E-state index in [-0.39, 0.29) is 6.10 Å². The summed E-state index contributed by atoms with van der Waals surface area (Å²) in [5.41, 5.74) is 0.366. The maximum atomic E-state index is 13.0. The molecule has 0 saturated carbocycles. The van der Waals surface area contributed by atoms with E-state index in [0.717, 1.165) is 18.6 Å². The molecule has 0 saturated heterocycles. The molecule has 0 aliphatic rings. The SMILES string of the molecule is CC(C)OCCCNCC(O)c1ccc(F)c(F)c1. The molecule has 1 rings (SSSR count). The lowest BCUT2D eigenvalue weighted by atomic mass is 10.1. The summed E-state index contributed by atoms with van der Waals surface area (Å²) < 4.78 is 31.1. The van der Waals surface area contributed by atoms with Gasteiger partial charge >= 0.3 is 0 Å². The maximum absolute atomic E-state index is 13.0. The highest BCUT2D eigenvalue weighted by atomic mass is 19.2. The van der Waals surface area contributed by atoms with Gasteiger partial charge in [0.2, 0.25) is 0 Å². The molecule has 1 unspecified atom stereocenters. The zero-order chi connectivity index (χ0) is 14.3. The molecule has 0 spiro atoms. The lowest BCUT2D eigenvalue weighted by molar-refractivity contribution is 0.0763. The van der Waals surface area contributed by atoms with Crippen LogP contribution in [-0.2, 0) is 4.74 Å². The lowest BCUT2D eigenvalue weighted by Gasteiger charge is -2.13. The van der Waals surface area contributed by atoms with Gasteiger partial charge in [-0.1, -0.05) is 6.07 Å². The van der Waals surface area contributed by atoms with E-state index in [0.29, 0.717) is 25.3 Å². The summed E-state index contributed by atoms with van der Waals surface area (Å²) >= 11 is 0. The van der Waals surface area contributed by atoms with Gasteiger partial charge in [0.05, 0.1) is 12.2 Å². The maximum Gasteiger partial charge on any atom is 0.159 e. The third-order valence-corrected chi connectivity index (χ3v) is 2.62. The van der Waals surface area contributed by atoms with Gasteiger partial charge in [-0.3, -0.25) is 0 Å². The molecule has 0 radical (unpaired) electrons. The number of halogens is 2. The normalized spacial score (nSPS) is 12.9. The summed E-state index contributed by atoms with van der Waals surface area (Å²) in [6.45, 7) is 5.60. The van der Waals surface area contributed by atoms with Gasteiger partial charge in [0.15, 0.2) is 11.6 Å². The first-order chi connectivity index (χ1) is 9.00. The van der Waals surface area contributed by atoms with Crippen molar-refractivity contribution >= 4 is 0 Å². The Morgan fingerprint density at radius 2 is 2.00 bits per heavy atom. The van der Waals surface area contributed by atoms with E-state index in [1.165, 1.54) is 6.07 Å². The first-order valence-electron chi connectivity index (χ1n) is 6.46. The van der Waals surface area contributed by atoms with Crippen molar-refractivity contribution in [3.63, 3.8) is 0 Å². The zero-order valence-electron chi connectivity index (χ0n) is 11.3. The summed E-state index contributed by atoms with van der Waals surface area (Å²) in [7, 11) is 0. The van der Waals surface area contributed by atoms with Gasteiger partial charge in [0, 0.05) is 13.2 Å². The first-order valence-corrected chi connectivity index (χ1v) is 6.46. The standard InChI is InChI=1S/C14H21F2NO2/c1-10(2)19-7-3-6-17-9-14(18)11-4-5-12(15)13(16)8-11/h4-5,8,10,14,17-18H,3,6-7,9H2,1-2H3. The van der Waals surface area contributed by atoms with Crippen molar-refractivity contribution in [1.82, 2.24) is 5.32 Å². The average Bonchev–Trinajstić information content (AvgIpc) is 2.36. The van der Waals surface area contributed by atoms with E-state index in [2.05, 4.69) is 5.32 Å². The van der Waals surface area contributed by atoms with Crippen LogP contribution in [0, 0.1) is 11.6 Å². The Morgan fingerprint density at radius 3 is 2.63 bits per heavy atom. The minimum Gasteiger partial charge on any atom is -0.387 e. The molecule has 0 heterocycles. The molecule has 5 heteroatoms. The van der Waals surface area contributed by atoms with Crippen molar-refractivity contribution in [3.8, 4) is 0 Å². The minimum atomic E-state index is -0.943. The van der Waals surface area contributed by atoms with E-state index in [4.69, 9.17) is 4.74 Å². The third-order valence-electron chi connectivity index (χ3n) is 2.62. The van der Waals surface area contributed by atoms with E-state index in [1.807, 2.05) is 13.8 Å². The second-order valence-corrected chi connectivity index (χ2v) is 4.67. The molecule has 1 aromatic carbocycles. The second-order valence-electron chi connectivity index (χ2n) is 4.67. The molecule has 108 valence electrons. The van der Waals surface area contributed by atoms with Gasteiger partial charge in [0.1, 0.15) is 0 Å². The highest BCUT2D eigenvalue weighted by molar-refractivity contribution is 5.20. The molecule has 1 aromatic rings. The number of aliphatic hydroxyl groups excluding tert-OH is 1. The molecule has 1 atom stereocenters. The van der Waals surface area contributed by atoms with Crippen molar-refractivity contribution in [2.24, 2.45) is 0 Å². The number of hydrogen-bond acceptors (Lipinski definition) is 3. The number of hydrogen-bond donors (Lipinski definition) is 2. The van der Waals surface area contributed by atoms with Gasteiger partial charge in [-0.15, -0.1) is 0 Å². The highest BCUT2D eigenvalue weighted by Crippen LogP contribution is 2.15. The van der Waals surface area contributed by atoms with Crippen LogP contribution in [0.25, 0.3) is 0 Å². The molecule has 3 nitrogen and oxygen atoms in total. The predicted octanol–water partition coefficient (Wildman–Crippen LogP) is 2.40. The quantitative estimate of drug-likeness (QED) is 0.715. The number of aliphatic hydroxyl groups is 1. The van der Waals surface area contributed by atoms with E-state index >= 15 is 0 Å². The van der Waals surface area contributed by atoms with Crippen LogP contribution in [0.5, 0.6) is 0 Å². The van der Waals surface area contributed by atoms with Gasteiger partial charge in [-0.05, 0) is 44.5 Å². The number of benzene rings is 1. The number of nitrogens with one attached hydrogen (secondary N) is 1. The van der Waals surface area contributed by atoms with E-state index in [9.17, 15) is 13.9 Å². The Morgan fingerprint density at radius 1 is 1.26 bits per heavy atom. The van der Waals surface area contributed by atoms with Crippen LogP contribution in [0.1, 0.15) is 31.9 Å². The fourth-order valence-electron chi connectivity index (χ4n) is 1.59. The molecule has 0 bridgehead atoms. The second kappa shape index (κ2) is 8.19. The van der Waals surface area contributed by atoms with Crippen LogP contribution in [0.3, 0.4) is 0 Å². The highest BCUT2D eigenvalue weighted by Gasteiger charge is 2.10. The summed E-state index contributed by atoms with van der Waals surface area (Å²) in [6, 6.07) is 3.42. The van der Waals surface area contributed by atoms with Gasteiger partial charge < -0.3 is 15.2 Å². The molecule has 0 aliphatic heterocycles. The first kappa shape index (κ1) is 16.0. The Hall–Kier alpha value is -1.04. The molecule has 0 aliphatic carbocycles. The van der Waals surface area contributed by atoms with Crippen molar-refractivity contribution in [3.05, 3.63) is 35.4 Å². The van der Waals surface area contributed by atoms with Crippen molar-refractivity contribution in [1.29, 1.82) is 0 Å². The fraction of sp³-hybridized carbons (Fsp3) is 0.571. The van der Waals surface area contributed by atoms with Crippen LogP contribution >= 0.6 is 0 Å². The minimum absolute atomic E-state index is 0.216. The molecular formula is C14H21F2NO2. The summed E-state index contributed by atoms with van der Waals surface area (Å²) in [4.78, 5) is 0. The van der Waals surface area contributed by atoms with Crippen LogP contribution < -0.4 is 5.32 Å². The Kier molecular flexibility index (Phi) is 6.91. The Balaban J connectivity index is 2.23. The third kappa shape index (κ3) is 6.09. The molecule has 0 amide bonds. The number of rotatable bonds is 8. The number of ether oxygens (including phenoxy) is 1. The van der Waals surface area contributed by atoms with Crippen molar-refractivity contribution in [2.45, 2.75) is 32.5 Å². The van der Waals surface area contributed by atoms with Crippen LogP contribution in [-0.4, -0.2) is 30.9 Å². The Labute approximate surface area is 112 Å². The van der Waals surface area contributed by atoms with Gasteiger partial charge in [0.25, 0.3) is 0 Å². The largest absolute Gasteiger partial charge is 0.387 e. The summed E-state index contributed by atoms with van der Waals surface area (Å²) in [6.07, 6.45) is 0.205. The molecule has 0 fully saturated rings. The van der Waals surface area contributed by atoms with Crippen molar-refractivity contribution < 1.29 is 18.6 Å². The lowest BCUT2D eigenvalue weighted by Crippen LogP contribution is -2.23. The average molecular weight is 273 g/mol. The van der Waals surface area contributed by atoms with E-state index in [1.54, 1.807) is 0 Å². The topological polar surface area (TPSA) is 41.5 Å². The van der Waals surface area contributed by atoms with Gasteiger partial charge in [-0.2, -0.15) is 0 Å². The molecular weight excluding hydrogens is 252 g/mol. The monoisotopic (exact) mass is 273 g/mol. The van der Waals surface area contributed by atoms with Gasteiger partial charge in [-0.25, -0.2) is 8.78 Å². The van der Waals surface area contributed by atoms with Crippen LogP contribution in [0.4, 0.5) is 8.78 Å². The Bertz CT molecular complexity index is 386. The molecule has 2 N–H and O–H groups in total. The van der Waals surface area contributed by atoms with Crippen molar-refractivity contribution in [2.75, 3.05) is 19.7 Å². The van der Waals surface area contributed by atoms with Crippen LogP contribution in [0.2, 0.25) is 0 Å². The van der Waals surface area contributed by atoms with Crippen LogP contribution in [0.15, 0.2) is 18.2 Å². The smallest absolute Gasteiger partial charge is 0.159 e. The predicted molar refractivity (Wildman–Crippen MR) is 69.9 cm³/mol. The zero-order valence-corrected chi connectivity index (χ0v) is 11.3. The fourth-order valence-corrected chi connectivity index (χ4v) is 1.59. The molecule has 0 aromatic heterocycles. The van der Waals surface area contributed by atoms with E-state index < -0.39 is 17.7 Å². The summed E-state index contributed by atoms with van der Waals surface area (Å²) in [5, 5.41) is 12.8. The molecule has 19 heavy (non-hydrogen) atoms. The summed E-state index contributed by atoms with van der Waals surface area (Å²) in [5.74, 6) is -1.85.